The second-order valence-electron chi connectivity index (χ2n) is 6.58. The minimum absolute atomic E-state index is 0.0318. The Hall–Kier alpha value is -1.57. The molecule has 2 heterocycles. The fourth-order valence-corrected chi connectivity index (χ4v) is 4.28. The number of nitrogens with one attached hydrogen (secondary N) is 2. The highest BCUT2D eigenvalue weighted by Crippen LogP contribution is 2.20. The van der Waals surface area contributed by atoms with Crippen LogP contribution in [0.4, 0.5) is 5.95 Å². The van der Waals surface area contributed by atoms with E-state index in [0.29, 0.717) is 12.4 Å². The normalized spacial score (nSPS) is 17.7. The van der Waals surface area contributed by atoms with Crippen molar-refractivity contribution in [1.29, 1.82) is 0 Å². The van der Waals surface area contributed by atoms with Gasteiger partial charge < -0.3 is 14.8 Å². The first-order valence-corrected chi connectivity index (χ1v) is 10.6. The highest BCUT2D eigenvalue weighted by molar-refractivity contribution is 7.99. The van der Waals surface area contributed by atoms with Crippen molar-refractivity contribution >= 4 is 34.7 Å². The summed E-state index contributed by atoms with van der Waals surface area (Å²) < 4.78 is 2.13. The van der Waals surface area contributed by atoms with Crippen molar-refractivity contribution in [3.05, 3.63) is 24.3 Å². The van der Waals surface area contributed by atoms with Gasteiger partial charge in [0.1, 0.15) is 0 Å². The third-order valence-corrected chi connectivity index (χ3v) is 6.00. The zero-order valence-corrected chi connectivity index (χ0v) is 16.5. The number of imidazole rings is 1. The summed E-state index contributed by atoms with van der Waals surface area (Å²) in [7, 11) is 0. The third-order valence-electron chi connectivity index (χ3n) is 4.87. The number of nitrogens with zero attached hydrogens (tertiary/aromatic N) is 3. The molecular formula is C19H29N5OS. The zero-order chi connectivity index (χ0) is 18.4. The Morgan fingerprint density at radius 2 is 2.19 bits per heavy atom. The first-order chi connectivity index (χ1) is 12.7. The Morgan fingerprint density at radius 1 is 1.38 bits per heavy atom. The van der Waals surface area contributed by atoms with Gasteiger partial charge in [-0.15, -0.1) is 0 Å². The van der Waals surface area contributed by atoms with E-state index in [1.54, 1.807) is 0 Å². The monoisotopic (exact) mass is 375 g/mol. The van der Waals surface area contributed by atoms with Gasteiger partial charge in [0, 0.05) is 43.6 Å². The van der Waals surface area contributed by atoms with Crippen LogP contribution < -0.4 is 10.6 Å². The molecule has 1 aromatic carbocycles. The molecule has 3 rings (SSSR count). The number of carbonyl (C=O) groups is 1. The number of hydrogen-bond acceptors (Lipinski definition) is 5. The molecule has 1 saturated heterocycles. The van der Waals surface area contributed by atoms with Crippen LogP contribution in [0.15, 0.2) is 24.3 Å². The van der Waals surface area contributed by atoms with E-state index in [0.717, 1.165) is 55.3 Å². The van der Waals surface area contributed by atoms with Crippen molar-refractivity contribution in [2.75, 3.05) is 43.0 Å². The molecule has 0 saturated carbocycles. The summed E-state index contributed by atoms with van der Waals surface area (Å²) in [5.74, 6) is 2.81. The summed E-state index contributed by atoms with van der Waals surface area (Å²) in [5.41, 5.74) is 2.00. The van der Waals surface area contributed by atoms with E-state index in [4.69, 9.17) is 0 Å². The zero-order valence-electron chi connectivity index (χ0n) is 15.7. The van der Waals surface area contributed by atoms with Gasteiger partial charge in [0.25, 0.3) is 0 Å². The number of fused-ring (bicyclic) bond motifs is 1. The molecule has 1 aromatic heterocycles. The molecule has 1 aliphatic heterocycles. The van der Waals surface area contributed by atoms with E-state index in [2.05, 4.69) is 45.0 Å². The van der Waals surface area contributed by atoms with Gasteiger partial charge in [-0.25, -0.2) is 4.98 Å². The number of aromatic nitrogens is 2. The Bertz CT molecular complexity index is 722. The molecule has 0 radical (unpaired) electrons. The minimum atomic E-state index is 0.0318. The average molecular weight is 376 g/mol. The van der Waals surface area contributed by atoms with Crippen molar-refractivity contribution in [2.24, 2.45) is 0 Å². The number of amides is 1. The molecule has 2 N–H and O–H groups in total. The van der Waals surface area contributed by atoms with Gasteiger partial charge in [-0.1, -0.05) is 26.0 Å². The van der Waals surface area contributed by atoms with E-state index in [-0.39, 0.29) is 11.9 Å². The Balaban J connectivity index is 1.73. The molecule has 1 unspecified atom stereocenters. The van der Waals surface area contributed by atoms with Crippen molar-refractivity contribution in [3.63, 3.8) is 0 Å². The summed E-state index contributed by atoms with van der Waals surface area (Å²) in [6.45, 7) is 9.13. The number of likely N-dealkylation sites (N-methyl/N-ethyl adjacent to an activating group) is 1. The second-order valence-corrected chi connectivity index (χ2v) is 7.73. The maximum absolute atomic E-state index is 12.5. The number of para-hydroxylation sites is 2. The lowest BCUT2D eigenvalue weighted by atomic mass is 10.2. The molecule has 0 bridgehead atoms. The smallest absolute Gasteiger partial charge is 0.228 e. The van der Waals surface area contributed by atoms with Gasteiger partial charge in [-0.3, -0.25) is 10.1 Å². The van der Waals surface area contributed by atoms with Gasteiger partial charge >= 0.3 is 0 Å². The lowest BCUT2D eigenvalue weighted by Crippen LogP contribution is -2.40. The van der Waals surface area contributed by atoms with Gasteiger partial charge in [0.2, 0.25) is 11.9 Å². The number of anilines is 1. The van der Waals surface area contributed by atoms with Crippen LogP contribution in [0.3, 0.4) is 0 Å². The molecule has 142 valence electrons. The maximum atomic E-state index is 12.5. The van der Waals surface area contributed by atoms with Crippen molar-refractivity contribution in [3.8, 4) is 0 Å². The lowest BCUT2D eigenvalue weighted by molar-refractivity contribution is -0.116. The SMILES string of the molecule is CCN(CC)CCn1c(NC(=O)CC2CSCCN2)nc2ccccc21. The summed E-state index contributed by atoms with van der Waals surface area (Å²) in [6, 6.07) is 8.32. The standard InChI is InChI=1S/C19H29N5OS/c1-3-23(4-2)10-11-24-17-8-6-5-7-16(17)21-19(24)22-18(25)13-15-14-26-12-9-20-15/h5-8,15,20H,3-4,9-14H2,1-2H3,(H,21,22,25). The average Bonchev–Trinajstić information content (AvgIpc) is 3.00. The molecule has 1 atom stereocenters. The number of thioether (sulfide) groups is 1. The van der Waals surface area contributed by atoms with Crippen LogP contribution in [0, 0.1) is 0 Å². The topological polar surface area (TPSA) is 62.2 Å². The van der Waals surface area contributed by atoms with Gasteiger partial charge in [-0.2, -0.15) is 11.8 Å². The van der Waals surface area contributed by atoms with Gasteiger partial charge in [-0.05, 0) is 25.2 Å². The fraction of sp³-hybridized carbons (Fsp3) is 0.579. The highest BCUT2D eigenvalue weighted by Gasteiger charge is 2.19. The van der Waals surface area contributed by atoms with Crippen LogP contribution in [0.5, 0.6) is 0 Å². The van der Waals surface area contributed by atoms with Crippen LogP contribution in [0.2, 0.25) is 0 Å². The van der Waals surface area contributed by atoms with Crippen LogP contribution in [-0.2, 0) is 11.3 Å². The lowest BCUT2D eigenvalue weighted by Gasteiger charge is -2.22. The molecule has 1 aliphatic rings. The van der Waals surface area contributed by atoms with Crippen molar-refractivity contribution in [1.82, 2.24) is 19.8 Å². The van der Waals surface area contributed by atoms with E-state index in [9.17, 15) is 4.79 Å². The summed E-state index contributed by atoms with van der Waals surface area (Å²) in [4.78, 5) is 19.6. The molecule has 0 spiro atoms. The Morgan fingerprint density at radius 3 is 2.92 bits per heavy atom. The quantitative estimate of drug-likeness (QED) is 0.742. The van der Waals surface area contributed by atoms with Crippen molar-refractivity contribution < 1.29 is 4.79 Å². The summed E-state index contributed by atoms with van der Waals surface area (Å²) in [5, 5.41) is 6.47. The molecule has 0 aliphatic carbocycles. The molecule has 26 heavy (non-hydrogen) atoms. The highest BCUT2D eigenvalue weighted by atomic mass is 32.2. The summed E-state index contributed by atoms with van der Waals surface area (Å²) >= 11 is 1.91. The fourth-order valence-electron chi connectivity index (χ4n) is 3.33. The predicted octanol–water partition coefficient (Wildman–Crippen LogP) is 2.41. The molecule has 2 aromatic rings. The number of benzene rings is 1. The second kappa shape index (κ2) is 9.39. The van der Waals surface area contributed by atoms with Gasteiger partial charge in [0.15, 0.2) is 0 Å². The molecule has 7 heteroatoms. The number of rotatable bonds is 8. The molecule has 1 amide bonds. The van der Waals surface area contributed by atoms with E-state index >= 15 is 0 Å². The predicted molar refractivity (Wildman–Crippen MR) is 110 cm³/mol. The Labute approximate surface area is 159 Å². The number of hydrogen-bond donors (Lipinski definition) is 2. The molecular weight excluding hydrogens is 346 g/mol. The van der Waals surface area contributed by atoms with Crippen LogP contribution in [-0.4, -0.2) is 64.1 Å². The first-order valence-electron chi connectivity index (χ1n) is 9.49. The molecule has 6 nitrogen and oxygen atoms in total. The van der Waals surface area contributed by atoms with Crippen LogP contribution in [0.25, 0.3) is 11.0 Å². The van der Waals surface area contributed by atoms with Crippen LogP contribution >= 0.6 is 11.8 Å². The molecule has 1 fully saturated rings. The van der Waals surface area contributed by atoms with Crippen molar-refractivity contribution in [2.45, 2.75) is 32.9 Å². The van der Waals surface area contributed by atoms with Gasteiger partial charge in [0.05, 0.1) is 11.0 Å². The number of carbonyl (C=O) groups excluding carboxylic acids is 1. The largest absolute Gasteiger partial charge is 0.312 e. The summed E-state index contributed by atoms with van der Waals surface area (Å²) in [6.07, 6.45) is 0.492. The maximum Gasteiger partial charge on any atom is 0.228 e. The van der Waals surface area contributed by atoms with E-state index < -0.39 is 0 Å². The Kier molecular flexibility index (Phi) is 6.93. The minimum Gasteiger partial charge on any atom is -0.312 e. The van der Waals surface area contributed by atoms with Crippen LogP contribution in [0.1, 0.15) is 20.3 Å². The first kappa shape index (κ1) is 19.2. The van der Waals surface area contributed by atoms with E-state index in [1.165, 1.54) is 0 Å². The van der Waals surface area contributed by atoms with E-state index in [1.807, 2.05) is 30.0 Å². The third kappa shape index (κ3) is 4.78.